The Hall–Kier alpha value is -1.00. The van der Waals surface area contributed by atoms with Crippen molar-refractivity contribution in [2.45, 2.75) is 11.9 Å². The molecular formula is C11H14N2S2. The van der Waals surface area contributed by atoms with Crippen molar-refractivity contribution in [3.63, 3.8) is 0 Å². The molecule has 1 aromatic heterocycles. The van der Waals surface area contributed by atoms with Crippen LogP contribution in [-0.2, 0) is 0 Å². The van der Waals surface area contributed by atoms with Gasteiger partial charge >= 0.3 is 0 Å². The lowest BCUT2D eigenvalue weighted by atomic mass is 10.5. The Balaban J connectivity index is 0.000000921. The van der Waals surface area contributed by atoms with Crippen LogP contribution in [-0.4, -0.2) is 11.7 Å². The van der Waals surface area contributed by atoms with Gasteiger partial charge in [0.25, 0.3) is 0 Å². The van der Waals surface area contributed by atoms with E-state index in [1.807, 2.05) is 31.2 Å². The zero-order valence-electron chi connectivity index (χ0n) is 8.72. The van der Waals surface area contributed by atoms with E-state index in [-0.39, 0.29) is 0 Å². The molecule has 80 valence electrons. The fraction of sp³-hybridized carbons (Fsp3) is 0.0909. The molecule has 0 spiro atoms. The average molecular weight is 238 g/mol. The van der Waals surface area contributed by atoms with Gasteiger partial charge in [-0.2, -0.15) is 0 Å². The van der Waals surface area contributed by atoms with Gasteiger partial charge in [0.1, 0.15) is 10.1 Å². The molecular weight excluding hydrogens is 224 g/mol. The SMILES string of the molecule is C=C.C=N/C(=C\C)SSc1ccccn1. The largest absolute Gasteiger partial charge is 0.257 e. The Labute approximate surface area is 99.0 Å². The molecule has 4 heteroatoms. The lowest BCUT2D eigenvalue weighted by Crippen LogP contribution is -1.73. The van der Waals surface area contributed by atoms with E-state index in [2.05, 4.69) is 29.9 Å². The molecule has 0 aliphatic rings. The molecule has 1 heterocycles. The van der Waals surface area contributed by atoms with Crippen molar-refractivity contribution in [3.8, 4) is 0 Å². The summed E-state index contributed by atoms with van der Waals surface area (Å²) in [5.74, 6) is 0. The minimum absolute atomic E-state index is 0.913. The van der Waals surface area contributed by atoms with Crippen LogP contribution in [0.1, 0.15) is 6.92 Å². The third-order valence-corrected chi connectivity index (χ3v) is 3.56. The van der Waals surface area contributed by atoms with Crippen LogP contribution in [0.5, 0.6) is 0 Å². The van der Waals surface area contributed by atoms with Crippen molar-refractivity contribution < 1.29 is 0 Å². The maximum absolute atomic E-state index is 4.17. The lowest BCUT2D eigenvalue weighted by Gasteiger charge is -1.98. The highest BCUT2D eigenvalue weighted by Gasteiger charge is 1.96. The smallest absolute Gasteiger partial charge is 0.107 e. The Kier molecular flexibility index (Phi) is 8.91. The minimum atomic E-state index is 0.913. The highest BCUT2D eigenvalue weighted by Crippen LogP contribution is 2.35. The lowest BCUT2D eigenvalue weighted by molar-refractivity contribution is 1.14. The first-order valence-electron chi connectivity index (χ1n) is 4.25. The fourth-order valence-corrected chi connectivity index (χ4v) is 2.46. The summed E-state index contributed by atoms with van der Waals surface area (Å²) in [6.45, 7) is 11.4. The summed E-state index contributed by atoms with van der Waals surface area (Å²) in [4.78, 5) is 8.02. The molecule has 0 saturated heterocycles. The molecule has 0 radical (unpaired) electrons. The Morgan fingerprint density at radius 2 is 2.20 bits per heavy atom. The Bertz CT molecular complexity index is 310. The Morgan fingerprint density at radius 3 is 2.67 bits per heavy atom. The van der Waals surface area contributed by atoms with Gasteiger partial charge in [-0.15, -0.1) is 13.2 Å². The van der Waals surface area contributed by atoms with Crippen LogP contribution in [0.3, 0.4) is 0 Å². The summed E-state index contributed by atoms with van der Waals surface area (Å²) >= 11 is 0. The highest BCUT2D eigenvalue weighted by atomic mass is 33.1. The summed E-state index contributed by atoms with van der Waals surface area (Å²) in [5, 5.41) is 1.89. The first-order chi connectivity index (χ1) is 7.36. The Morgan fingerprint density at radius 1 is 1.47 bits per heavy atom. The van der Waals surface area contributed by atoms with Crippen LogP contribution >= 0.6 is 21.6 Å². The highest BCUT2D eigenvalue weighted by molar-refractivity contribution is 8.78. The summed E-state index contributed by atoms with van der Waals surface area (Å²) in [6.07, 6.45) is 3.70. The molecule has 15 heavy (non-hydrogen) atoms. The van der Waals surface area contributed by atoms with E-state index in [9.17, 15) is 0 Å². The molecule has 0 bridgehead atoms. The molecule has 0 N–H and O–H groups in total. The van der Waals surface area contributed by atoms with Gasteiger partial charge < -0.3 is 0 Å². The van der Waals surface area contributed by atoms with Crippen molar-refractivity contribution in [1.82, 2.24) is 4.98 Å². The summed E-state index contributed by atoms with van der Waals surface area (Å²) in [5.41, 5.74) is 0. The molecule has 0 saturated carbocycles. The van der Waals surface area contributed by atoms with Crippen LogP contribution in [0.25, 0.3) is 0 Å². The summed E-state index contributed by atoms with van der Waals surface area (Å²) in [6, 6.07) is 5.83. The predicted molar refractivity (Wildman–Crippen MR) is 72.2 cm³/mol. The topological polar surface area (TPSA) is 25.2 Å². The molecule has 2 nitrogen and oxygen atoms in total. The average Bonchev–Trinajstić information content (AvgIpc) is 2.34. The minimum Gasteiger partial charge on any atom is -0.257 e. The fourth-order valence-electron chi connectivity index (χ4n) is 0.648. The first kappa shape index (κ1) is 14.0. The molecule has 1 rings (SSSR count). The van der Waals surface area contributed by atoms with Crippen LogP contribution in [0.2, 0.25) is 0 Å². The van der Waals surface area contributed by atoms with E-state index >= 15 is 0 Å². The van der Waals surface area contributed by atoms with Gasteiger partial charge in [0.2, 0.25) is 0 Å². The van der Waals surface area contributed by atoms with Gasteiger partial charge in [0, 0.05) is 6.20 Å². The number of rotatable bonds is 4. The van der Waals surface area contributed by atoms with Gasteiger partial charge in [0.15, 0.2) is 0 Å². The van der Waals surface area contributed by atoms with E-state index in [0.29, 0.717) is 0 Å². The maximum atomic E-state index is 4.17. The molecule has 0 aromatic carbocycles. The van der Waals surface area contributed by atoms with E-state index in [1.165, 1.54) is 0 Å². The van der Waals surface area contributed by atoms with Crippen LogP contribution in [0.15, 0.2) is 58.7 Å². The van der Waals surface area contributed by atoms with Gasteiger partial charge in [0.05, 0.1) is 0 Å². The molecule has 0 unspecified atom stereocenters. The quantitative estimate of drug-likeness (QED) is 0.447. The van der Waals surface area contributed by atoms with Crippen molar-refractivity contribution >= 4 is 28.3 Å². The number of hydrogen-bond donors (Lipinski definition) is 0. The van der Waals surface area contributed by atoms with Crippen molar-refractivity contribution in [1.29, 1.82) is 0 Å². The number of hydrogen-bond acceptors (Lipinski definition) is 4. The number of pyridine rings is 1. The summed E-state index contributed by atoms with van der Waals surface area (Å²) < 4.78 is 0. The molecule has 1 aromatic rings. The van der Waals surface area contributed by atoms with Crippen LogP contribution in [0.4, 0.5) is 0 Å². The predicted octanol–water partition coefficient (Wildman–Crippen LogP) is 4.19. The third kappa shape index (κ3) is 6.14. The normalized spacial score (nSPS) is 10.1. The van der Waals surface area contributed by atoms with E-state index in [4.69, 9.17) is 0 Å². The monoisotopic (exact) mass is 238 g/mol. The molecule has 0 fully saturated rings. The maximum Gasteiger partial charge on any atom is 0.107 e. The van der Waals surface area contributed by atoms with Crippen LogP contribution < -0.4 is 0 Å². The summed E-state index contributed by atoms with van der Waals surface area (Å²) in [7, 11) is 3.14. The molecule has 0 aliphatic carbocycles. The first-order valence-corrected chi connectivity index (χ1v) is 6.40. The van der Waals surface area contributed by atoms with E-state index in [0.717, 1.165) is 10.1 Å². The molecule has 0 aliphatic heterocycles. The number of aliphatic imine (C=N–C) groups is 1. The van der Waals surface area contributed by atoms with Gasteiger partial charge in [-0.3, -0.25) is 4.99 Å². The van der Waals surface area contributed by atoms with Crippen molar-refractivity contribution in [3.05, 3.63) is 48.7 Å². The number of allylic oxidation sites excluding steroid dienone is 1. The zero-order valence-corrected chi connectivity index (χ0v) is 10.4. The van der Waals surface area contributed by atoms with E-state index in [1.54, 1.807) is 27.8 Å². The van der Waals surface area contributed by atoms with Crippen molar-refractivity contribution in [2.75, 3.05) is 0 Å². The second-order valence-corrected chi connectivity index (χ2v) is 4.29. The third-order valence-electron chi connectivity index (χ3n) is 1.25. The van der Waals surface area contributed by atoms with E-state index < -0.39 is 0 Å². The zero-order chi connectivity index (χ0) is 11.5. The number of aromatic nitrogens is 1. The van der Waals surface area contributed by atoms with Gasteiger partial charge in [-0.05, 0) is 47.4 Å². The number of nitrogens with zero attached hydrogens (tertiary/aromatic N) is 2. The second-order valence-electron chi connectivity index (χ2n) is 2.12. The van der Waals surface area contributed by atoms with Crippen molar-refractivity contribution in [2.24, 2.45) is 4.99 Å². The molecule has 0 atom stereocenters. The van der Waals surface area contributed by atoms with Gasteiger partial charge in [-0.25, -0.2) is 4.98 Å². The van der Waals surface area contributed by atoms with Crippen LogP contribution in [0, 0.1) is 0 Å². The molecule has 0 amide bonds. The standard InChI is InChI=1S/C9H10N2S2.C2H4/c1-3-8(10-2)12-13-9-6-4-5-7-11-9;1-2/h3-7H,2H2,1H3;1-2H2/b8-3+;. The van der Waals surface area contributed by atoms with Gasteiger partial charge in [-0.1, -0.05) is 12.1 Å². The second kappa shape index (κ2) is 9.55.